The van der Waals surface area contributed by atoms with Crippen LogP contribution in [0.5, 0.6) is 17.2 Å². The SMILES string of the molecule is COc1cc([C@H]2C(=C(O)c3ccc(Cl)cc3)C(=O)C(=O)N2c2nc3ccc(F)cc3s2)cc(OC)c1OC. The van der Waals surface area contributed by atoms with E-state index >= 15 is 0 Å². The number of aromatic nitrogens is 1. The Bertz CT molecular complexity index is 1590. The molecule has 38 heavy (non-hydrogen) atoms. The molecule has 1 aliphatic heterocycles. The van der Waals surface area contributed by atoms with E-state index in [1.54, 1.807) is 24.3 Å². The maximum atomic E-state index is 13.9. The van der Waals surface area contributed by atoms with Crippen LogP contribution in [-0.2, 0) is 9.59 Å². The average Bonchev–Trinajstić information content (AvgIpc) is 3.45. The van der Waals surface area contributed by atoms with E-state index in [1.807, 2.05) is 0 Å². The number of carbonyl (C=O) groups excluding carboxylic acids is 2. The first-order chi connectivity index (χ1) is 18.3. The van der Waals surface area contributed by atoms with Gasteiger partial charge in [-0.15, -0.1) is 0 Å². The van der Waals surface area contributed by atoms with Crippen LogP contribution >= 0.6 is 22.9 Å². The van der Waals surface area contributed by atoms with Crippen LogP contribution in [0.4, 0.5) is 9.52 Å². The zero-order valence-electron chi connectivity index (χ0n) is 20.3. The Kier molecular flexibility index (Phi) is 6.68. The fraction of sp³-hybridized carbons (Fsp3) is 0.148. The smallest absolute Gasteiger partial charge is 0.301 e. The quantitative estimate of drug-likeness (QED) is 0.184. The molecule has 5 rings (SSSR count). The lowest BCUT2D eigenvalue weighted by Crippen LogP contribution is -2.29. The number of methoxy groups -OCH3 is 3. The second-order valence-corrected chi connectivity index (χ2v) is 9.69. The van der Waals surface area contributed by atoms with Gasteiger partial charge in [0.2, 0.25) is 5.75 Å². The molecule has 0 bridgehead atoms. The van der Waals surface area contributed by atoms with Crippen molar-refractivity contribution in [3.63, 3.8) is 0 Å². The Balaban J connectivity index is 1.78. The molecule has 0 aliphatic carbocycles. The summed E-state index contributed by atoms with van der Waals surface area (Å²) < 4.78 is 30.8. The fourth-order valence-corrected chi connectivity index (χ4v) is 5.50. The predicted molar refractivity (Wildman–Crippen MR) is 142 cm³/mol. The monoisotopic (exact) mass is 554 g/mol. The molecule has 1 amide bonds. The van der Waals surface area contributed by atoms with Crippen molar-refractivity contribution in [2.24, 2.45) is 0 Å². The molecular weight excluding hydrogens is 535 g/mol. The number of ketones is 1. The maximum absolute atomic E-state index is 13.9. The van der Waals surface area contributed by atoms with Crippen molar-refractivity contribution in [1.29, 1.82) is 0 Å². The van der Waals surface area contributed by atoms with Gasteiger partial charge in [0.15, 0.2) is 16.6 Å². The number of hydrogen-bond donors (Lipinski definition) is 1. The van der Waals surface area contributed by atoms with Crippen molar-refractivity contribution in [2.45, 2.75) is 6.04 Å². The minimum Gasteiger partial charge on any atom is -0.507 e. The van der Waals surface area contributed by atoms with Crippen molar-refractivity contribution in [2.75, 3.05) is 26.2 Å². The van der Waals surface area contributed by atoms with Gasteiger partial charge in [-0.05, 0) is 60.2 Å². The molecule has 0 radical (unpaired) electrons. The third-order valence-electron chi connectivity index (χ3n) is 6.11. The molecule has 8 nitrogen and oxygen atoms in total. The number of rotatable bonds is 6. The van der Waals surface area contributed by atoms with Gasteiger partial charge >= 0.3 is 5.91 Å². The van der Waals surface area contributed by atoms with Gasteiger partial charge in [-0.2, -0.15) is 0 Å². The van der Waals surface area contributed by atoms with Gasteiger partial charge in [-0.1, -0.05) is 22.9 Å². The summed E-state index contributed by atoms with van der Waals surface area (Å²) in [6.07, 6.45) is 0. The second-order valence-electron chi connectivity index (χ2n) is 8.24. The van der Waals surface area contributed by atoms with Crippen molar-refractivity contribution in [1.82, 2.24) is 4.98 Å². The number of aliphatic hydroxyl groups is 1. The first-order valence-electron chi connectivity index (χ1n) is 11.2. The van der Waals surface area contributed by atoms with Crippen molar-refractivity contribution in [3.05, 3.63) is 82.1 Å². The minimum atomic E-state index is -1.12. The summed E-state index contributed by atoms with van der Waals surface area (Å²) in [5.41, 5.74) is 0.961. The molecule has 1 fully saturated rings. The molecule has 1 N–H and O–H groups in total. The third kappa shape index (κ3) is 4.21. The Morgan fingerprint density at radius 3 is 2.26 bits per heavy atom. The molecular formula is C27H20ClFN2O6S. The molecule has 1 saturated heterocycles. The first kappa shape index (κ1) is 25.5. The highest BCUT2D eigenvalue weighted by molar-refractivity contribution is 7.22. The number of aliphatic hydroxyl groups excluding tert-OH is 1. The third-order valence-corrected chi connectivity index (χ3v) is 7.38. The van der Waals surface area contributed by atoms with Gasteiger partial charge in [0.25, 0.3) is 5.78 Å². The van der Waals surface area contributed by atoms with Gasteiger partial charge in [0, 0.05) is 10.6 Å². The molecule has 1 atom stereocenters. The van der Waals surface area contributed by atoms with E-state index in [-0.39, 0.29) is 27.8 Å². The summed E-state index contributed by atoms with van der Waals surface area (Å²) in [4.78, 5) is 32.6. The van der Waals surface area contributed by atoms with Crippen molar-refractivity contribution < 1.29 is 33.3 Å². The molecule has 11 heteroatoms. The van der Waals surface area contributed by atoms with Gasteiger partial charge in [0.05, 0.1) is 43.2 Å². The number of benzene rings is 3. The highest BCUT2D eigenvalue weighted by atomic mass is 35.5. The Morgan fingerprint density at radius 2 is 1.66 bits per heavy atom. The summed E-state index contributed by atoms with van der Waals surface area (Å²) in [6, 6.07) is 12.3. The van der Waals surface area contributed by atoms with Gasteiger partial charge in [-0.3, -0.25) is 14.5 Å². The Labute approximate surface area is 225 Å². The number of Topliss-reactive ketones (excluding diaryl/α,β-unsaturated/α-hetero) is 1. The summed E-state index contributed by atoms with van der Waals surface area (Å²) in [5.74, 6) is -1.80. The number of thiazole rings is 1. The van der Waals surface area contributed by atoms with E-state index in [0.29, 0.717) is 26.6 Å². The fourth-order valence-electron chi connectivity index (χ4n) is 4.36. The van der Waals surface area contributed by atoms with E-state index in [1.165, 1.54) is 56.6 Å². The molecule has 0 spiro atoms. The molecule has 1 aromatic heterocycles. The highest BCUT2D eigenvalue weighted by Crippen LogP contribution is 2.48. The Hall–Kier alpha value is -4.15. The summed E-state index contributed by atoms with van der Waals surface area (Å²) in [7, 11) is 4.33. The maximum Gasteiger partial charge on any atom is 0.301 e. The lowest BCUT2D eigenvalue weighted by Gasteiger charge is -2.24. The van der Waals surface area contributed by atoms with Crippen molar-refractivity contribution >= 4 is 55.7 Å². The number of amides is 1. The molecule has 0 saturated carbocycles. The number of hydrogen-bond acceptors (Lipinski definition) is 8. The number of nitrogens with zero attached hydrogens (tertiary/aromatic N) is 2. The lowest BCUT2D eigenvalue weighted by atomic mass is 9.95. The molecule has 3 aromatic carbocycles. The molecule has 2 heterocycles. The van der Waals surface area contributed by atoms with Crippen LogP contribution in [0.2, 0.25) is 5.02 Å². The number of carbonyl (C=O) groups is 2. The van der Waals surface area contributed by atoms with Crippen LogP contribution in [0.25, 0.3) is 16.0 Å². The van der Waals surface area contributed by atoms with E-state index < -0.39 is 29.3 Å². The average molecular weight is 555 g/mol. The highest BCUT2D eigenvalue weighted by Gasteiger charge is 2.48. The molecule has 0 unspecified atom stereocenters. The van der Waals surface area contributed by atoms with Crippen LogP contribution < -0.4 is 19.1 Å². The zero-order chi connectivity index (χ0) is 27.1. The number of anilines is 1. The van der Waals surface area contributed by atoms with Crippen LogP contribution in [0.1, 0.15) is 17.2 Å². The summed E-state index contributed by atoms with van der Waals surface area (Å²) >= 11 is 7.05. The second kappa shape index (κ2) is 9.96. The van der Waals surface area contributed by atoms with Gasteiger partial charge in [0.1, 0.15) is 11.6 Å². The van der Waals surface area contributed by atoms with Gasteiger partial charge < -0.3 is 19.3 Å². The first-order valence-corrected chi connectivity index (χ1v) is 12.4. The van der Waals surface area contributed by atoms with E-state index in [2.05, 4.69) is 4.98 Å². The molecule has 194 valence electrons. The number of ether oxygens (including phenoxy) is 3. The van der Waals surface area contributed by atoms with Crippen LogP contribution in [0.3, 0.4) is 0 Å². The predicted octanol–water partition coefficient (Wildman–Crippen LogP) is 5.74. The van der Waals surface area contributed by atoms with Crippen LogP contribution in [0.15, 0.2) is 60.2 Å². The topological polar surface area (TPSA) is 98.2 Å². The number of halogens is 2. The van der Waals surface area contributed by atoms with Crippen LogP contribution in [-0.4, -0.2) is 43.1 Å². The summed E-state index contributed by atoms with van der Waals surface area (Å²) in [6.45, 7) is 0. The largest absolute Gasteiger partial charge is 0.507 e. The van der Waals surface area contributed by atoms with E-state index in [0.717, 1.165) is 11.3 Å². The molecule has 1 aliphatic rings. The van der Waals surface area contributed by atoms with Gasteiger partial charge in [-0.25, -0.2) is 9.37 Å². The van der Waals surface area contributed by atoms with E-state index in [4.69, 9.17) is 25.8 Å². The van der Waals surface area contributed by atoms with Crippen molar-refractivity contribution in [3.8, 4) is 17.2 Å². The standard InChI is InChI=1S/C27H20ClFN2O6S/c1-35-18-10-14(11-19(36-2)25(18)37-3)22-21(23(32)13-4-6-15(28)7-5-13)24(33)26(34)31(22)27-30-17-9-8-16(29)12-20(17)38-27/h4-12,22,32H,1-3H3/t22-/m0/s1. The lowest BCUT2D eigenvalue weighted by molar-refractivity contribution is -0.132. The Morgan fingerprint density at radius 1 is 1.00 bits per heavy atom. The molecule has 4 aromatic rings. The zero-order valence-corrected chi connectivity index (χ0v) is 21.9. The summed E-state index contributed by atoms with van der Waals surface area (Å²) in [5, 5.41) is 11.9. The van der Waals surface area contributed by atoms with E-state index in [9.17, 15) is 19.1 Å². The minimum absolute atomic E-state index is 0.154. The van der Waals surface area contributed by atoms with Crippen LogP contribution in [0, 0.1) is 5.82 Å². The number of fused-ring (bicyclic) bond motifs is 1. The normalized spacial score (nSPS) is 16.8.